The molecule has 4 heterocycles. The van der Waals surface area contributed by atoms with Gasteiger partial charge in [0.1, 0.15) is 0 Å². The van der Waals surface area contributed by atoms with Crippen LogP contribution in [0.25, 0.3) is 0 Å². The molecule has 0 aliphatic carbocycles. The van der Waals surface area contributed by atoms with Crippen LogP contribution in [0.1, 0.15) is 12.8 Å². The molecule has 7 nitrogen and oxygen atoms in total. The Morgan fingerprint density at radius 2 is 1.83 bits per heavy atom. The predicted molar refractivity (Wildman–Crippen MR) is 97.9 cm³/mol. The number of ether oxygens (including phenoxy) is 1. The van der Waals surface area contributed by atoms with Gasteiger partial charge in [-0.15, -0.1) is 0 Å². The lowest BCUT2D eigenvalue weighted by atomic mass is 9.98. The van der Waals surface area contributed by atoms with Crippen molar-refractivity contribution in [2.24, 2.45) is 10.7 Å². The number of hydrogen-bond acceptors (Lipinski definition) is 8. The normalized spacial score (nSPS) is 32.7. The van der Waals surface area contributed by atoms with Gasteiger partial charge in [-0.05, 0) is 13.0 Å². The number of rotatable bonds is 1. The topological polar surface area (TPSA) is 78.2 Å². The van der Waals surface area contributed by atoms with Crippen molar-refractivity contribution in [2.45, 2.75) is 18.6 Å². The fourth-order valence-corrected chi connectivity index (χ4v) is 4.78. The molecule has 0 bridgehead atoms. The van der Waals surface area contributed by atoms with Crippen LogP contribution in [0.15, 0.2) is 16.3 Å². The molecule has 2 saturated heterocycles. The largest absolute Gasteiger partial charge is 0.378 e. The van der Waals surface area contributed by atoms with Gasteiger partial charge in [0, 0.05) is 61.9 Å². The molecule has 8 heteroatoms. The summed E-state index contributed by atoms with van der Waals surface area (Å²) in [7, 11) is 0. The highest BCUT2D eigenvalue weighted by Crippen LogP contribution is 2.33. The summed E-state index contributed by atoms with van der Waals surface area (Å²) in [5.74, 6) is 2.51. The molecular formula is C16H28N6OS. The average molecular weight is 353 g/mol. The second-order valence-electron chi connectivity index (χ2n) is 6.69. The summed E-state index contributed by atoms with van der Waals surface area (Å²) in [4.78, 5) is 9.74. The maximum absolute atomic E-state index is 7.00. The monoisotopic (exact) mass is 352 g/mol. The Labute approximate surface area is 148 Å². The van der Waals surface area contributed by atoms with Gasteiger partial charge in [-0.25, -0.2) is 4.99 Å². The van der Waals surface area contributed by atoms with Gasteiger partial charge in [0.2, 0.25) is 5.96 Å². The van der Waals surface area contributed by atoms with Crippen molar-refractivity contribution in [3.05, 3.63) is 11.3 Å². The second kappa shape index (κ2) is 7.21. The van der Waals surface area contributed by atoms with Gasteiger partial charge in [0.05, 0.1) is 13.2 Å². The van der Waals surface area contributed by atoms with E-state index >= 15 is 0 Å². The van der Waals surface area contributed by atoms with Crippen molar-refractivity contribution in [1.82, 2.24) is 20.4 Å². The van der Waals surface area contributed by atoms with Crippen LogP contribution in [0, 0.1) is 0 Å². The minimum Gasteiger partial charge on any atom is -0.378 e. The van der Waals surface area contributed by atoms with Crippen molar-refractivity contribution < 1.29 is 4.74 Å². The molecule has 4 N–H and O–H groups in total. The minimum atomic E-state index is -0.693. The highest BCUT2D eigenvalue weighted by atomic mass is 32.2. The van der Waals surface area contributed by atoms with E-state index in [2.05, 4.69) is 20.4 Å². The first-order valence-corrected chi connectivity index (χ1v) is 10.2. The van der Waals surface area contributed by atoms with Gasteiger partial charge in [-0.3, -0.25) is 10.6 Å². The SMILES string of the molecule is NC1(N2CCSCC2)N=C(N2CCOCC2)NC2=C1CCNCC2. The molecule has 1 atom stereocenters. The van der Waals surface area contributed by atoms with E-state index in [1.807, 2.05) is 11.8 Å². The molecular weight excluding hydrogens is 324 g/mol. The Kier molecular flexibility index (Phi) is 5.00. The van der Waals surface area contributed by atoms with E-state index < -0.39 is 5.79 Å². The molecule has 0 aromatic heterocycles. The molecule has 0 amide bonds. The van der Waals surface area contributed by atoms with E-state index in [0.29, 0.717) is 0 Å². The van der Waals surface area contributed by atoms with E-state index in [0.717, 1.165) is 82.8 Å². The van der Waals surface area contributed by atoms with Gasteiger partial charge < -0.3 is 20.3 Å². The molecule has 4 aliphatic heterocycles. The molecule has 4 aliphatic rings. The Bertz CT molecular complexity index is 527. The van der Waals surface area contributed by atoms with E-state index in [1.165, 1.54) is 11.3 Å². The molecule has 4 rings (SSSR count). The molecule has 24 heavy (non-hydrogen) atoms. The van der Waals surface area contributed by atoms with Crippen LogP contribution in [0.4, 0.5) is 0 Å². The number of guanidine groups is 1. The maximum Gasteiger partial charge on any atom is 0.201 e. The Morgan fingerprint density at radius 1 is 1.08 bits per heavy atom. The average Bonchev–Trinajstić information content (AvgIpc) is 2.89. The van der Waals surface area contributed by atoms with Crippen LogP contribution in [0.2, 0.25) is 0 Å². The summed E-state index contributed by atoms with van der Waals surface area (Å²) in [5.41, 5.74) is 9.55. The van der Waals surface area contributed by atoms with Crippen LogP contribution in [0.5, 0.6) is 0 Å². The summed E-state index contributed by atoms with van der Waals surface area (Å²) in [5, 5.41) is 7.10. The van der Waals surface area contributed by atoms with Crippen molar-refractivity contribution in [3.63, 3.8) is 0 Å². The first-order chi connectivity index (χ1) is 11.8. The van der Waals surface area contributed by atoms with E-state index in [-0.39, 0.29) is 0 Å². The van der Waals surface area contributed by atoms with Crippen LogP contribution in [0.3, 0.4) is 0 Å². The number of hydrogen-bond donors (Lipinski definition) is 3. The standard InChI is InChI=1S/C16H28N6OS/c17-16(22-7-11-24-12-8-22)13-1-3-18-4-2-14(13)19-15(20-16)21-5-9-23-10-6-21/h18H,1-12,17H2,(H,19,20). The summed E-state index contributed by atoms with van der Waals surface area (Å²) in [6, 6.07) is 0. The molecule has 0 aromatic rings. The fourth-order valence-electron chi connectivity index (χ4n) is 3.88. The van der Waals surface area contributed by atoms with Crippen molar-refractivity contribution in [3.8, 4) is 0 Å². The number of nitrogens with one attached hydrogen (secondary N) is 2. The number of nitrogens with two attached hydrogens (primary N) is 1. The Balaban J connectivity index is 1.67. The zero-order valence-corrected chi connectivity index (χ0v) is 15.0. The quantitative estimate of drug-likeness (QED) is 0.591. The highest BCUT2D eigenvalue weighted by Gasteiger charge is 2.42. The first kappa shape index (κ1) is 16.7. The molecule has 0 radical (unpaired) electrons. The second-order valence-corrected chi connectivity index (χ2v) is 7.92. The molecule has 0 aromatic carbocycles. The van der Waals surface area contributed by atoms with Gasteiger partial charge in [0.25, 0.3) is 0 Å². The summed E-state index contributed by atoms with van der Waals surface area (Å²) in [6.45, 7) is 7.24. The molecule has 1 unspecified atom stereocenters. The van der Waals surface area contributed by atoms with E-state index in [9.17, 15) is 0 Å². The van der Waals surface area contributed by atoms with E-state index in [4.69, 9.17) is 15.5 Å². The molecule has 0 spiro atoms. The lowest BCUT2D eigenvalue weighted by Crippen LogP contribution is -2.63. The maximum atomic E-state index is 7.00. The number of aliphatic imine (C=N–C) groups is 1. The third kappa shape index (κ3) is 3.17. The molecule has 134 valence electrons. The lowest BCUT2D eigenvalue weighted by Gasteiger charge is -2.46. The van der Waals surface area contributed by atoms with Gasteiger partial charge >= 0.3 is 0 Å². The van der Waals surface area contributed by atoms with Gasteiger partial charge in [-0.2, -0.15) is 11.8 Å². The third-order valence-electron chi connectivity index (χ3n) is 5.25. The fraction of sp³-hybridized carbons (Fsp3) is 0.812. The lowest BCUT2D eigenvalue weighted by molar-refractivity contribution is 0.0642. The Morgan fingerprint density at radius 3 is 2.62 bits per heavy atom. The van der Waals surface area contributed by atoms with Crippen molar-refractivity contribution in [1.29, 1.82) is 0 Å². The Hall–Kier alpha value is -0.800. The summed E-state index contributed by atoms with van der Waals surface area (Å²) < 4.78 is 5.49. The number of nitrogens with zero attached hydrogens (tertiary/aromatic N) is 3. The number of morpholine rings is 1. The smallest absolute Gasteiger partial charge is 0.201 e. The molecule has 2 fully saturated rings. The van der Waals surface area contributed by atoms with Crippen LogP contribution in [-0.2, 0) is 4.74 Å². The summed E-state index contributed by atoms with van der Waals surface area (Å²) in [6.07, 6.45) is 1.95. The van der Waals surface area contributed by atoms with E-state index in [1.54, 1.807) is 0 Å². The zero-order valence-electron chi connectivity index (χ0n) is 14.2. The zero-order chi connectivity index (χ0) is 16.4. The van der Waals surface area contributed by atoms with Crippen LogP contribution < -0.4 is 16.4 Å². The molecule has 0 saturated carbocycles. The first-order valence-electron chi connectivity index (χ1n) is 9.02. The summed E-state index contributed by atoms with van der Waals surface area (Å²) >= 11 is 2.01. The van der Waals surface area contributed by atoms with Gasteiger partial charge in [0.15, 0.2) is 5.79 Å². The number of thioether (sulfide) groups is 1. The van der Waals surface area contributed by atoms with Crippen molar-refractivity contribution >= 4 is 17.7 Å². The van der Waals surface area contributed by atoms with Crippen LogP contribution >= 0.6 is 11.8 Å². The third-order valence-corrected chi connectivity index (χ3v) is 6.20. The van der Waals surface area contributed by atoms with Gasteiger partial charge in [-0.1, -0.05) is 0 Å². The minimum absolute atomic E-state index is 0.693. The van der Waals surface area contributed by atoms with Crippen molar-refractivity contribution in [2.75, 3.05) is 64.0 Å². The van der Waals surface area contributed by atoms with Crippen LogP contribution in [-0.4, -0.2) is 85.5 Å². The predicted octanol–water partition coefficient (Wildman–Crippen LogP) is -0.423. The highest BCUT2D eigenvalue weighted by molar-refractivity contribution is 7.99.